The van der Waals surface area contributed by atoms with Crippen molar-refractivity contribution in [3.8, 4) is 0 Å². The summed E-state index contributed by atoms with van der Waals surface area (Å²) >= 11 is 2.36. The van der Waals surface area contributed by atoms with E-state index in [0.29, 0.717) is 0 Å². The number of hydrogen-bond acceptors (Lipinski definition) is 0. The first-order valence-corrected chi connectivity index (χ1v) is 11.0. The van der Waals surface area contributed by atoms with Crippen LogP contribution in [0.1, 0.15) is 0 Å². The fraction of sp³-hybridized carbons (Fsp3) is 0. The number of hydrogen-bond donors (Lipinski definition) is 0. The third kappa shape index (κ3) is 21.2. The van der Waals surface area contributed by atoms with Crippen molar-refractivity contribution >= 4 is 14.2 Å². The van der Waals surface area contributed by atoms with Gasteiger partial charge in [0.15, 0.2) is 0 Å². The van der Waals surface area contributed by atoms with E-state index in [0.717, 1.165) is 0 Å². The molecule has 0 aromatic heterocycles. The predicted molar refractivity (Wildman–Crippen MR) is 16.6 cm³/mol. The minimum atomic E-state index is 0. The molecule has 0 spiro atoms. The summed E-state index contributed by atoms with van der Waals surface area (Å²) in [5.74, 6) is 0. The summed E-state index contributed by atoms with van der Waals surface area (Å²) in [6.07, 6.45) is 0. The molecule has 0 fully saturated rings. The molecule has 0 atom stereocenters. The Morgan fingerprint density at radius 3 is 0.800 bits per heavy atom. The van der Waals surface area contributed by atoms with Crippen molar-refractivity contribution in [1.29, 1.82) is 0 Å². The van der Waals surface area contributed by atoms with Crippen LogP contribution in [0.3, 0.4) is 0 Å². The summed E-state index contributed by atoms with van der Waals surface area (Å²) < 4.78 is 0. The number of rotatable bonds is 0. The second-order valence-corrected chi connectivity index (χ2v) is 0. The first kappa shape index (κ1) is 15.6. The van der Waals surface area contributed by atoms with Gasteiger partial charge in [-0.25, -0.2) is 0 Å². The monoisotopic (exact) mass is 256 g/mol. The summed E-state index contributed by atoms with van der Waals surface area (Å²) in [5, 5.41) is 0. The van der Waals surface area contributed by atoms with Crippen molar-refractivity contribution in [2.45, 2.75) is 0 Å². The zero-order chi connectivity index (χ0) is 4.00. The molecule has 0 rings (SSSR count). The molecule has 0 aliphatic heterocycles. The summed E-state index contributed by atoms with van der Waals surface area (Å²) in [6, 6.07) is 0. The van der Waals surface area contributed by atoms with Gasteiger partial charge in [-0.15, -0.1) is 0 Å². The molecule has 0 aliphatic rings. The topological polar surface area (TPSA) is 0 Å². The summed E-state index contributed by atoms with van der Waals surface area (Å²) in [7, 11) is 6.19. The van der Waals surface area contributed by atoms with Gasteiger partial charge in [0.25, 0.3) is 0 Å². The van der Waals surface area contributed by atoms with E-state index >= 15 is 0 Å². The van der Waals surface area contributed by atoms with E-state index in [-0.39, 0.29) is 19.5 Å². The van der Waals surface area contributed by atoms with Gasteiger partial charge in [-0.1, -0.05) is 0 Å². The Morgan fingerprint density at radius 1 is 0.800 bits per heavy atom. The van der Waals surface area contributed by atoms with Crippen LogP contribution in [0.5, 0.6) is 0 Å². The molecular weight excluding hydrogens is 258 g/mol. The molecule has 0 nitrogen and oxygen atoms in total. The van der Waals surface area contributed by atoms with Crippen molar-refractivity contribution in [3.63, 3.8) is 0 Å². The molecular formula is H2P2Zn3. The smallest absolute Gasteiger partial charge is 0 e. The minimum absolute atomic E-state index is 0. The van der Waals surface area contributed by atoms with Crippen LogP contribution < -0.4 is 0 Å². The van der Waals surface area contributed by atoms with Crippen LogP contribution in [0.2, 0.25) is 0 Å². The van der Waals surface area contributed by atoms with Crippen molar-refractivity contribution in [3.05, 3.63) is 0 Å². The van der Waals surface area contributed by atoms with Gasteiger partial charge in [0.2, 0.25) is 0 Å². The second-order valence-electron chi connectivity index (χ2n) is 0. The minimum Gasteiger partial charge on any atom is 0 e. The van der Waals surface area contributed by atoms with Crippen molar-refractivity contribution in [2.75, 3.05) is 0 Å². The quantitative estimate of drug-likeness (QED) is 0.453. The van der Waals surface area contributed by atoms with Crippen LogP contribution >= 0.6 is 14.2 Å². The molecule has 0 saturated heterocycles. The van der Waals surface area contributed by atoms with E-state index in [1.54, 1.807) is 0 Å². The van der Waals surface area contributed by atoms with Gasteiger partial charge in [-0.3, -0.25) is 0 Å². The average molecular weight is 260 g/mol. The van der Waals surface area contributed by atoms with Gasteiger partial charge in [0.05, 0.1) is 0 Å². The first-order valence-electron chi connectivity index (χ1n) is 0.707. The summed E-state index contributed by atoms with van der Waals surface area (Å²) in [4.78, 5) is 0. The molecule has 0 aromatic carbocycles. The summed E-state index contributed by atoms with van der Waals surface area (Å²) in [5.41, 5.74) is 0. The van der Waals surface area contributed by atoms with E-state index in [1.807, 2.05) is 0 Å². The maximum absolute atomic E-state index is 3.10. The molecule has 0 saturated carbocycles. The third-order valence-electron chi connectivity index (χ3n) is 0. The normalized spacial score (nSPS) is 2.40. The van der Waals surface area contributed by atoms with Gasteiger partial charge in [-0.05, 0) is 0 Å². The Labute approximate surface area is 67.7 Å². The van der Waals surface area contributed by atoms with E-state index in [2.05, 4.69) is 14.2 Å². The molecule has 0 amide bonds. The van der Waals surface area contributed by atoms with Crippen molar-refractivity contribution < 1.29 is 54.1 Å². The molecule has 0 unspecified atom stereocenters. The Bertz CT molecular complexity index is 6.85. The maximum atomic E-state index is 3.10. The van der Waals surface area contributed by atoms with E-state index in [4.69, 9.17) is 0 Å². The molecule has 0 heterocycles. The van der Waals surface area contributed by atoms with Crippen molar-refractivity contribution in [2.24, 2.45) is 0 Å². The predicted octanol–water partition coefficient (Wildman–Crippen LogP) is 1.18. The first-order chi connectivity index (χ1) is 2.00. The fourth-order valence-electron chi connectivity index (χ4n) is 0. The fourth-order valence-corrected chi connectivity index (χ4v) is 0. The molecule has 0 bridgehead atoms. The standard InChI is InChI=1S/2HP.3Zn/h2*1H;;;. The summed E-state index contributed by atoms with van der Waals surface area (Å²) in [6.45, 7) is 0. The van der Waals surface area contributed by atoms with Gasteiger partial charge in [0, 0.05) is 19.5 Å². The molecule has 0 radical (unpaired) electrons. The van der Waals surface area contributed by atoms with Crippen LogP contribution in [0.15, 0.2) is 0 Å². The maximum Gasteiger partial charge on any atom is 0 e. The average Bonchev–Trinajstić information content (AvgIpc) is 1.50. The molecule has 0 aromatic rings. The molecule has 5 heteroatoms. The van der Waals surface area contributed by atoms with Crippen LogP contribution in [0.25, 0.3) is 0 Å². The van der Waals surface area contributed by atoms with Gasteiger partial charge in [0.1, 0.15) is 0 Å². The van der Waals surface area contributed by atoms with Crippen LogP contribution in [-0.2, 0) is 54.1 Å². The van der Waals surface area contributed by atoms with Crippen LogP contribution in [-0.4, -0.2) is 0 Å². The van der Waals surface area contributed by atoms with E-state index < -0.39 is 0 Å². The Balaban J connectivity index is -0.0000000133. The Hall–Kier alpha value is 2.47. The molecule has 0 aliphatic carbocycles. The Morgan fingerprint density at radius 2 is 0.800 bits per heavy atom. The van der Waals surface area contributed by atoms with E-state index in [1.165, 1.54) is 34.7 Å². The van der Waals surface area contributed by atoms with Crippen LogP contribution in [0, 0.1) is 0 Å². The third-order valence-corrected chi connectivity index (χ3v) is 0. The van der Waals surface area contributed by atoms with Gasteiger partial charge < -0.3 is 0 Å². The zero-order valence-electron chi connectivity index (χ0n) is 3.12. The SMILES string of the molecule is [PH]=[Zn].[PH]=[Zn].[Zn]. The largest absolute Gasteiger partial charge is 0 e. The van der Waals surface area contributed by atoms with Gasteiger partial charge >= 0.3 is 48.9 Å². The molecule has 5 heavy (non-hydrogen) atoms. The van der Waals surface area contributed by atoms with Gasteiger partial charge in [-0.2, -0.15) is 0 Å². The molecule has 18 valence electrons. The van der Waals surface area contributed by atoms with Crippen LogP contribution in [0.4, 0.5) is 0 Å². The second kappa shape index (κ2) is 31.7. The zero-order valence-corrected chi connectivity index (χ0v) is 14.0. The Kier molecular flexibility index (Phi) is 99.3. The molecule has 0 N–H and O–H groups in total. The van der Waals surface area contributed by atoms with E-state index in [9.17, 15) is 0 Å². The van der Waals surface area contributed by atoms with Crippen molar-refractivity contribution in [1.82, 2.24) is 0 Å².